The van der Waals surface area contributed by atoms with Crippen LogP contribution in [0.1, 0.15) is 35.8 Å². The largest absolute Gasteiger partial charge is 0.341 e. The SMILES string of the molecule is CC1CCN(C(=O)Cn2cc(Cn3cc(C=O)c4ccccc43)nn2)CC1. The van der Waals surface area contributed by atoms with Gasteiger partial charge in [-0.3, -0.25) is 9.59 Å². The molecule has 4 rings (SSSR count). The number of carbonyl (C=O) groups excluding carboxylic acids is 2. The molecule has 3 aromatic rings. The average Bonchev–Trinajstić information content (AvgIpc) is 3.27. The number of amides is 1. The van der Waals surface area contributed by atoms with E-state index in [0.29, 0.717) is 18.0 Å². The van der Waals surface area contributed by atoms with Gasteiger partial charge in [-0.15, -0.1) is 5.10 Å². The van der Waals surface area contributed by atoms with Crippen LogP contribution in [0.15, 0.2) is 36.7 Å². The number of fused-ring (bicyclic) bond motifs is 1. The lowest BCUT2D eigenvalue weighted by atomic mass is 9.99. The van der Waals surface area contributed by atoms with E-state index >= 15 is 0 Å². The molecule has 0 unspecified atom stereocenters. The van der Waals surface area contributed by atoms with Crippen molar-refractivity contribution in [3.05, 3.63) is 47.9 Å². The number of para-hydroxylation sites is 1. The minimum absolute atomic E-state index is 0.0907. The van der Waals surface area contributed by atoms with Gasteiger partial charge in [0.2, 0.25) is 5.91 Å². The first-order chi connectivity index (χ1) is 13.1. The van der Waals surface area contributed by atoms with Crippen LogP contribution in [0.25, 0.3) is 10.9 Å². The second-order valence-electron chi connectivity index (χ2n) is 7.32. The van der Waals surface area contributed by atoms with Crippen LogP contribution in [-0.2, 0) is 17.9 Å². The molecule has 1 amide bonds. The maximum absolute atomic E-state index is 12.5. The van der Waals surface area contributed by atoms with Crippen molar-refractivity contribution >= 4 is 23.1 Å². The fraction of sp³-hybridized carbons (Fsp3) is 0.400. The first-order valence-corrected chi connectivity index (χ1v) is 9.34. The highest BCUT2D eigenvalue weighted by Crippen LogP contribution is 2.21. The summed E-state index contributed by atoms with van der Waals surface area (Å²) in [6, 6.07) is 7.78. The van der Waals surface area contributed by atoms with Crippen LogP contribution in [0.3, 0.4) is 0 Å². The molecular formula is C20H23N5O2. The Morgan fingerprint density at radius 1 is 1.22 bits per heavy atom. The maximum atomic E-state index is 12.5. The van der Waals surface area contributed by atoms with E-state index in [1.165, 1.54) is 0 Å². The fourth-order valence-corrected chi connectivity index (χ4v) is 3.66. The Kier molecular flexibility index (Phi) is 4.75. The first-order valence-electron chi connectivity index (χ1n) is 9.34. The van der Waals surface area contributed by atoms with Crippen LogP contribution < -0.4 is 0 Å². The number of aldehydes is 1. The van der Waals surface area contributed by atoms with Crippen molar-refractivity contribution in [2.24, 2.45) is 5.92 Å². The van der Waals surface area contributed by atoms with E-state index in [9.17, 15) is 9.59 Å². The zero-order valence-electron chi connectivity index (χ0n) is 15.4. The van der Waals surface area contributed by atoms with Crippen LogP contribution in [-0.4, -0.2) is 49.7 Å². The Morgan fingerprint density at radius 3 is 2.78 bits per heavy atom. The normalized spacial score (nSPS) is 15.4. The summed E-state index contributed by atoms with van der Waals surface area (Å²) in [5.41, 5.74) is 2.40. The van der Waals surface area contributed by atoms with Gasteiger partial charge in [0.25, 0.3) is 0 Å². The van der Waals surface area contributed by atoms with Crippen LogP contribution in [0.5, 0.6) is 0 Å². The molecule has 1 saturated heterocycles. The molecule has 1 aromatic carbocycles. The zero-order valence-corrected chi connectivity index (χ0v) is 15.4. The smallest absolute Gasteiger partial charge is 0.244 e. The number of rotatable bonds is 5. The number of hydrogen-bond donors (Lipinski definition) is 0. The van der Waals surface area contributed by atoms with Crippen LogP contribution in [0.2, 0.25) is 0 Å². The lowest BCUT2D eigenvalue weighted by molar-refractivity contribution is -0.133. The molecule has 7 nitrogen and oxygen atoms in total. The molecule has 0 aliphatic carbocycles. The van der Waals surface area contributed by atoms with Crippen LogP contribution >= 0.6 is 0 Å². The molecular weight excluding hydrogens is 342 g/mol. The first kappa shape index (κ1) is 17.5. The van der Waals surface area contributed by atoms with Gasteiger partial charge in [-0.1, -0.05) is 30.3 Å². The molecule has 1 aliphatic rings. The number of hydrogen-bond acceptors (Lipinski definition) is 4. The molecule has 7 heteroatoms. The predicted molar refractivity (Wildman–Crippen MR) is 101 cm³/mol. The molecule has 0 bridgehead atoms. The molecule has 0 atom stereocenters. The van der Waals surface area contributed by atoms with E-state index in [0.717, 1.165) is 48.8 Å². The van der Waals surface area contributed by atoms with Crippen molar-refractivity contribution in [2.45, 2.75) is 32.9 Å². The maximum Gasteiger partial charge on any atom is 0.244 e. The molecule has 1 fully saturated rings. The number of likely N-dealkylation sites (tertiary alicyclic amines) is 1. The summed E-state index contributed by atoms with van der Waals surface area (Å²) >= 11 is 0. The van der Waals surface area contributed by atoms with Gasteiger partial charge >= 0.3 is 0 Å². The predicted octanol–water partition coefficient (Wildman–Crippen LogP) is 2.35. The van der Waals surface area contributed by atoms with Gasteiger partial charge in [-0.25, -0.2) is 4.68 Å². The summed E-state index contributed by atoms with van der Waals surface area (Å²) in [6.07, 6.45) is 6.63. The topological polar surface area (TPSA) is 73.0 Å². The van der Waals surface area contributed by atoms with Crippen molar-refractivity contribution in [2.75, 3.05) is 13.1 Å². The fourth-order valence-electron chi connectivity index (χ4n) is 3.66. The van der Waals surface area contributed by atoms with Crippen molar-refractivity contribution in [3.8, 4) is 0 Å². The standard InChI is InChI=1S/C20H23N5O2/c1-15-6-8-23(9-7-15)20(27)13-25-12-17(21-22-25)11-24-10-16(14-26)18-4-2-3-5-19(18)24/h2-5,10,12,14-15H,6-9,11,13H2,1H3. The van der Waals surface area contributed by atoms with Gasteiger partial charge in [0.1, 0.15) is 12.2 Å². The van der Waals surface area contributed by atoms with Crippen LogP contribution in [0, 0.1) is 5.92 Å². The third kappa shape index (κ3) is 3.63. The van der Waals surface area contributed by atoms with E-state index in [4.69, 9.17) is 0 Å². The van der Waals surface area contributed by atoms with Gasteiger partial charge in [0.05, 0.1) is 12.7 Å². The summed E-state index contributed by atoms with van der Waals surface area (Å²) in [4.78, 5) is 25.7. The number of benzene rings is 1. The second kappa shape index (κ2) is 7.34. The third-order valence-corrected chi connectivity index (χ3v) is 5.30. The van der Waals surface area contributed by atoms with Crippen molar-refractivity contribution in [1.82, 2.24) is 24.5 Å². The zero-order chi connectivity index (χ0) is 18.8. The summed E-state index contributed by atoms with van der Waals surface area (Å²) in [5, 5.41) is 9.23. The highest BCUT2D eigenvalue weighted by Gasteiger charge is 2.20. The van der Waals surface area contributed by atoms with Gasteiger partial charge in [-0.05, 0) is 24.8 Å². The Morgan fingerprint density at radius 2 is 2.00 bits per heavy atom. The Balaban J connectivity index is 1.46. The molecule has 0 N–H and O–H groups in total. The molecule has 0 saturated carbocycles. The number of piperidine rings is 1. The summed E-state index contributed by atoms with van der Waals surface area (Å²) in [7, 11) is 0. The lowest BCUT2D eigenvalue weighted by Crippen LogP contribution is -2.39. The van der Waals surface area contributed by atoms with E-state index in [2.05, 4.69) is 17.2 Å². The highest BCUT2D eigenvalue weighted by molar-refractivity contribution is 5.97. The van der Waals surface area contributed by atoms with Crippen LogP contribution in [0.4, 0.5) is 0 Å². The molecule has 2 aromatic heterocycles. The summed E-state index contributed by atoms with van der Waals surface area (Å²) in [6.45, 7) is 4.60. The Hall–Kier alpha value is -2.96. The van der Waals surface area contributed by atoms with E-state index in [1.54, 1.807) is 10.9 Å². The molecule has 1 aliphatic heterocycles. The number of carbonyl (C=O) groups is 2. The minimum atomic E-state index is 0.0907. The molecule has 0 radical (unpaired) electrons. The minimum Gasteiger partial charge on any atom is -0.341 e. The van der Waals surface area contributed by atoms with Crippen molar-refractivity contribution in [3.63, 3.8) is 0 Å². The highest BCUT2D eigenvalue weighted by atomic mass is 16.2. The molecule has 27 heavy (non-hydrogen) atoms. The molecule has 3 heterocycles. The molecule has 0 spiro atoms. The van der Waals surface area contributed by atoms with Gasteiger partial charge in [0.15, 0.2) is 6.29 Å². The Bertz CT molecular complexity index is 966. The van der Waals surface area contributed by atoms with Gasteiger partial charge in [-0.2, -0.15) is 0 Å². The van der Waals surface area contributed by atoms with E-state index in [-0.39, 0.29) is 12.5 Å². The van der Waals surface area contributed by atoms with E-state index < -0.39 is 0 Å². The van der Waals surface area contributed by atoms with Crippen molar-refractivity contribution < 1.29 is 9.59 Å². The summed E-state index contributed by atoms with van der Waals surface area (Å²) < 4.78 is 3.59. The van der Waals surface area contributed by atoms with Crippen molar-refractivity contribution in [1.29, 1.82) is 0 Å². The van der Waals surface area contributed by atoms with Gasteiger partial charge in [0, 0.05) is 35.8 Å². The molecule has 140 valence electrons. The number of nitrogens with zero attached hydrogens (tertiary/aromatic N) is 5. The monoisotopic (exact) mass is 365 g/mol. The lowest BCUT2D eigenvalue weighted by Gasteiger charge is -2.30. The third-order valence-electron chi connectivity index (χ3n) is 5.30. The average molecular weight is 365 g/mol. The van der Waals surface area contributed by atoms with E-state index in [1.807, 2.05) is 39.9 Å². The quantitative estimate of drug-likeness (QED) is 0.651. The Labute approximate surface area is 157 Å². The second-order valence-corrected chi connectivity index (χ2v) is 7.32. The van der Waals surface area contributed by atoms with Gasteiger partial charge < -0.3 is 9.47 Å². The number of aromatic nitrogens is 4. The summed E-state index contributed by atoms with van der Waals surface area (Å²) in [5.74, 6) is 0.785.